The van der Waals surface area contributed by atoms with Crippen molar-refractivity contribution in [3.63, 3.8) is 0 Å². The number of sulfonamides is 1. The summed E-state index contributed by atoms with van der Waals surface area (Å²) in [4.78, 5) is 9.90. The molecule has 0 amide bonds. The number of aromatic nitrogens is 2. The van der Waals surface area contributed by atoms with Crippen LogP contribution in [-0.4, -0.2) is 49.8 Å². The van der Waals surface area contributed by atoms with E-state index in [1.165, 1.54) is 19.5 Å². The van der Waals surface area contributed by atoms with E-state index >= 15 is 0 Å². The van der Waals surface area contributed by atoms with Crippen LogP contribution in [0.4, 0.5) is 11.5 Å². The second-order valence-corrected chi connectivity index (χ2v) is 9.28. The molecule has 0 bridgehead atoms. The van der Waals surface area contributed by atoms with E-state index in [4.69, 9.17) is 27.9 Å². The lowest BCUT2D eigenvalue weighted by Gasteiger charge is -2.38. The molecule has 0 spiro atoms. The number of ether oxygens (including phenoxy) is 1. The molecule has 0 radical (unpaired) electrons. The Labute approximate surface area is 189 Å². The summed E-state index contributed by atoms with van der Waals surface area (Å²) >= 11 is 12.5. The molecule has 11 heteroatoms. The van der Waals surface area contributed by atoms with E-state index in [2.05, 4.69) is 14.7 Å². The maximum atomic E-state index is 13.0. The molecule has 0 saturated carbocycles. The van der Waals surface area contributed by atoms with E-state index in [0.29, 0.717) is 45.7 Å². The van der Waals surface area contributed by atoms with Crippen molar-refractivity contribution in [1.82, 2.24) is 9.97 Å². The highest BCUT2D eigenvalue weighted by Crippen LogP contribution is 2.38. The molecule has 4 rings (SSSR count). The van der Waals surface area contributed by atoms with Gasteiger partial charge in [0.05, 0.1) is 28.9 Å². The van der Waals surface area contributed by atoms with E-state index in [1.807, 2.05) is 0 Å². The van der Waals surface area contributed by atoms with Gasteiger partial charge in [0.2, 0.25) is 0 Å². The van der Waals surface area contributed by atoms with Crippen molar-refractivity contribution >= 4 is 44.7 Å². The van der Waals surface area contributed by atoms with Gasteiger partial charge in [-0.1, -0.05) is 23.2 Å². The summed E-state index contributed by atoms with van der Waals surface area (Å²) in [6.07, 6.45) is 2.37. The van der Waals surface area contributed by atoms with E-state index in [0.717, 1.165) is 0 Å². The number of hydrogen-bond acceptors (Lipinski definition) is 7. The topological polar surface area (TPSA) is 105 Å². The summed E-state index contributed by atoms with van der Waals surface area (Å²) < 4.78 is 33.8. The summed E-state index contributed by atoms with van der Waals surface area (Å²) in [5, 5.41) is 10.0. The fourth-order valence-corrected chi connectivity index (χ4v) is 4.80. The van der Waals surface area contributed by atoms with Crippen molar-refractivity contribution in [3.05, 3.63) is 58.8 Å². The van der Waals surface area contributed by atoms with Crippen molar-refractivity contribution in [2.45, 2.75) is 11.1 Å². The van der Waals surface area contributed by atoms with Crippen LogP contribution in [0.5, 0.6) is 5.75 Å². The number of aliphatic hydroxyl groups excluding tert-OH is 1. The Bertz CT molecular complexity index is 1230. The first kappa shape index (κ1) is 21.6. The zero-order chi connectivity index (χ0) is 22.2. The minimum absolute atomic E-state index is 0.0905. The van der Waals surface area contributed by atoms with Crippen LogP contribution in [0.2, 0.25) is 10.0 Å². The summed E-state index contributed by atoms with van der Waals surface area (Å²) in [6.45, 7) is 0.689. The first-order chi connectivity index (χ1) is 14.8. The van der Waals surface area contributed by atoms with Crippen LogP contribution in [0.25, 0.3) is 11.1 Å². The standard InChI is InChI=1S/C20H18Cl2N4O4S/c1-30-14-8-15(19(22)16(21)9-14)12-4-6-23-18(7-12)25-31(28,29)20-17(3-2-5-24-20)26-10-13(27)11-26/h2-9,13,27H,10-11H2,1H3,(H,23,25). The molecule has 0 aliphatic carbocycles. The maximum absolute atomic E-state index is 13.0. The van der Waals surface area contributed by atoms with Gasteiger partial charge in [0.15, 0.2) is 5.03 Å². The molecule has 2 aromatic heterocycles. The van der Waals surface area contributed by atoms with Gasteiger partial charge in [0, 0.05) is 37.1 Å². The molecule has 31 heavy (non-hydrogen) atoms. The van der Waals surface area contributed by atoms with Gasteiger partial charge in [-0.3, -0.25) is 4.72 Å². The van der Waals surface area contributed by atoms with Gasteiger partial charge in [0.25, 0.3) is 10.0 Å². The number of benzene rings is 1. The number of β-amino-alcohol motifs (C(OH)–C–C–N with tert-alkyl or cyclic N) is 1. The Morgan fingerprint density at radius 2 is 1.94 bits per heavy atom. The molecule has 2 N–H and O–H groups in total. The van der Waals surface area contributed by atoms with Crippen molar-refractivity contribution in [2.75, 3.05) is 29.8 Å². The summed E-state index contributed by atoms with van der Waals surface area (Å²) in [5.41, 5.74) is 1.59. The van der Waals surface area contributed by atoms with Gasteiger partial charge in [-0.2, -0.15) is 8.42 Å². The molecule has 1 aliphatic rings. The van der Waals surface area contributed by atoms with E-state index in [9.17, 15) is 13.5 Å². The molecule has 0 unspecified atom stereocenters. The second-order valence-electron chi connectivity index (χ2n) is 6.89. The monoisotopic (exact) mass is 480 g/mol. The van der Waals surface area contributed by atoms with Gasteiger partial charge < -0.3 is 14.7 Å². The molecular formula is C20H18Cl2N4O4S. The van der Waals surface area contributed by atoms with Crippen molar-refractivity contribution < 1.29 is 18.3 Å². The molecular weight excluding hydrogens is 463 g/mol. The van der Waals surface area contributed by atoms with Crippen LogP contribution in [0, 0.1) is 0 Å². The van der Waals surface area contributed by atoms with E-state index in [-0.39, 0.29) is 10.8 Å². The summed E-state index contributed by atoms with van der Waals surface area (Å²) in [7, 11) is -2.53. The van der Waals surface area contributed by atoms with Crippen LogP contribution in [0.1, 0.15) is 0 Å². The predicted molar refractivity (Wildman–Crippen MR) is 120 cm³/mol. The highest BCUT2D eigenvalue weighted by molar-refractivity contribution is 7.92. The number of hydrogen-bond donors (Lipinski definition) is 2. The van der Waals surface area contributed by atoms with Gasteiger partial charge >= 0.3 is 0 Å². The Kier molecular flexibility index (Phi) is 5.94. The van der Waals surface area contributed by atoms with E-state index < -0.39 is 16.1 Å². The molecule has 3 aromatic rings. The predicted octanol–water partition coefficient (Wildman–Crippen LogP) is 3.44. The molecule has 1 aliphatic heterocycles. The zero-order valence-corrected chi connectivity index (χ0v) is 18.6. The van der Waals surface area contributed by atoms with Gasteiger partial charge in [-0.25, -0.2) is 9.97 Å². The third-order valence-corrected chi connectivity index (χ3v) is 6.86. The largest absolute Gasteiger partial charge is 0.497 e. The lowest BCUT2D eigenvalue weighted by atomic mass is 10.1. The van der Waals surface area contributed by atoms with Crippen LogP contribution in [0.15, 0.2) is 53.8 Å². The summed E-state index contributed by atoms with van der Waals surface area (Å²) in [5.74, 6) is 0.603. The second kappa shape index (κ2) is 8.51. The lowest BCUT2D eigenvalue weighted by Crippen LogP contribution is -2.51. The number of halogens is 2. The Hall–Kier alpha value is -2.59. The third-order valence-electron chi connectivity index (χ3n) is 4.76. The van der Waals surface area contributed by atoms with Crippen LogP contribution in [-0.2, 0) is 10.0 Å². The van der Waals surface area contributed by atoms with Crippen LogP contribution in [0.3, 0.4) is 0 Å². The fraction of sp³-hybridized carbons (Fsp3) is 0.200. The molecule has 1 aromatic carbocycles. The number of rotatable bonds is 6. The van der Waals surface area contributed by atoms with Gasteiger partial charge in [0.1, 0.15) is 11.6 Å². The highest BCUT2D eigenvalue weighted by atomic mass is 35.5. The number of pyridine rings is 2. The SMILES string of the molecule is COc1cc(Cl)c(Cl)c(-c2ccnc(NS(=O)(=O)c3ncccc3N3CC(O)C3)c2)c1. The fourth-order valence-electron chi connectivity index (χ4n) is 3.21. The molecule has 1 saturated heterocycles. The minimum atomic E-state index is -4.04. The third kappa shape index (κ3) is 4.40. The van der Waals surface area contributed by atoms with Gasteiger partial charge in [-0.05, 0) is 35.9 Å². The zero-order valence-electron chi connectivity index (χ0n) is 16.3. The first-order valence-corrected chi connectivity index (χ1v) is 11.4. The van der Waals surface area contributed by atoms with Crippen molar-refractivity contribution in [3.8, 4) is 16.9 Å². The lowest BCUT2D eigenvalue weighted by molar-refractivity contribution is 0.141. The molecule has 1 fully saturated rings. The van der Waals surface area contributed by atoms with Crippen molar-refractivity contribution in [2.24, 2.45) is 0 Å². The average Bonchev–Trinajstić information content (AvgIpc) is 2.73. The Morgan fingerprint density at radius 1 is 1.16 bits per heavy atom. The number of nitrogens with one attached hydrogen (secondary N) is 1. The smallest absolute Gasteiger partial charge is 0.282 e. The number of aliphatic hydroxyl groups is 1. The molecule has 162 valence electrons. The van der Waals surface area contributed by atoms with Crippen LogP contribution < -0.4 is 14.4 Å². The molecule has 8 nitrogen and oxygen atoms in total. The summed E-state index contributed by atoms with van der Waals surface area (Å²) in [6, 6.07) is 9.82. The minimum Gasteiger partial charge on any atom is -0.497 e. The highest BCUT2D eigenvalue weighted by Gasteiger charge is 2.31. The maximum Gasteiger partial charge on any atom is 0.282 e. The van der Waals surface area contributed by atoms with Crippen LogP contribution >= 0.6 is 23.2 Å². The van der Waals surface area contributed by atoms with E-state index in [1.54, 1.807) is 41.3 Å². The Balaban J connectivity index is 1.67. The number of anilines is 2. The average molecular weight is 481 g/mol. The molecule has 3 heterocycles. The molecule has 0 atom stereocenters. The first-order valence-electron chi connectivity index (χ1n) is 9.19. The van der Waals surface area contributed by atoms with Gasteiger partial charge in [-0.15, -0.1) is 0 Å². The number of methoxy groups -OCH3 is 1. The Morgan fingerprint density at radius 3 is 2.65 bits per heavy atom. The normalized spacial score (nSPS) is 14.3. The number of nitrogens with zero attached hydrogens (tertiary/aromatic N) is 3. The van der Waals surface area contributed by atoms with Crippen molar-refractivity contribution in [1.29, 1.82) is 0 Å². The quantitative estimate of drug-likeness (QED) is 0.556.